The van der Waals surface area contributed by atoms with Crippen molar-refractivity contribution in [3.05, 3.63) is 71.8 Å². The highest BCUT2D eigenvalue weighted by molar-refractivity contribution is 5.94. The highest BCUT2D eigenvalue weighted by Crippen LogP contribution is 2.23. The third-order valence-corrected chi connectivity index (χ3v) is 5.17. The summed E-state index contributed by atoms with van der Waals surface area (Å²) in [5.41, 5.74) is 2.46. The molecule has 2 aromatic rings. The minimum Gasteiger partial charge on any atom is -0.371 e. The lowest BCUT2D eigenvalue weighted by Gasteiger charge is -2.37. The van der Waals surface area contributed by atoms with Crippen LogP contribution in [0.1, 0.15) is 25.3 Å². The van der Waals surface area contributed by atoms with Gasteiger partial charge in [-0.1, -0.05) is 12.1 Å². The normalized spacial score (nSPS) is 15.7. The minimum atomic E-state index is -0.311. The molecular formula is C22H24F2N2O. The Kier molecular flexibility index (Phi) is 5.89. The Morgan fingerprint density at radius 2 is 1.74 bits per heavy atom. The van der Waals surface area contributed by atoms with Crippen LogP contribution in [0.5, 0.6) is 0 Å². The molecule has 0 aromatic heterocycles. The van der Waals surface area contributed by atoms with Crippen molar-refractivity contribution in [1.82, 2.24) is 4.90 Å². The number of hydrogen-bond acceptors (Lipinski definition) is 2. The van der Waals surface area contributed by atoms with Gasteiger partial charge < -0.3 is 9.80 Å². The highest BCUT2D eigenvalue weighted by atomic mass is 19.1. The van der Waals surface area contributed by atoms with Crippen LogP contribution in [0.15, 0.2) is 54.6 Å². The summed E-state index contributed by atoms with van der Waals surface area (Å²) in [6.07, 6.45) is 3.28. The summed E-state index contributed by atoms with van der Waals surface area (Å²) < 4.78 is 26.4. The summed E-state index contributed by atoms with van der Waals surface area (Å²) in [6, 6.07) is 12.9. The van der Waals surface area contributed by atoms with Crippen LogP contribution >= 0.6 is 0 Å². The Morgan fingerprint density at radius 3 is 2.37 bits per heavy atom. The highest BCUT2D eigenvalue weighted by Gasteiger charge is 2.24. The van der Waals surface area contributed by atoms with Crippen molar-refractivity contribution in [2.24, 2.45) is 0 Å². The number of likely N-dealkylation sites (N-methyl/N-ethyl adjacent to an activating group) is 1. The van der Waals surface area contributed by atoms with Crippen molar-refractivity contribution < 1.29 is 13.6 Å². The summed E-state index contributed by atoms with van der Waals surface area (Å²) in [4.78, 5) is 16.6. The van der Waals surface area contributed by atoms with E-state index in [0.29, 0.717) is 5.56 Å². The number of amides is 1. The third-order valence-electron chi connectivity index (χ3n) is 5.17. The molecule has 0 atom stereocenters. The molecule has 142 valence electrons. The smallest absolute Gasteiger partial charge is 0.246 e. The van der Waals surface area contributed by atoms with Gasteiger partial charge in [-0.25, -0.2) is 8.78 Å². The number of carbonyl (C=O) groups excluding carboxylic acids is 1. The van der Waals surface area contributed by atoms with E-state index in [0.717, 1.165) is 37.2 Å². The number of allylic oxidation sites excluding steroid dienone is 1. The van der Waals surface area contributed by atoms with E-state index in [2.05, 4.69) is 4.90 Å². The van der Waals surface area contributed by atoms with Crippen molar-refractivity contribution in [3.8, 4) is 0 Å². The minimum absolute atomic E-state index is 0.0722. The fourth-order valence-corrected chi connectivity index (χ4v) is 3.45. The Labute approximate surface area is 158 Å². The van der Waals surface area contributed by atoms with Crippen molar-refractivity contribution >= 4 is 17.2 Å². The molecule has 0 unspecified atom stereocenters. The van der Waals surface area contributed by atoms with E-state index >= 15 is 0 Å². The predicted octanol–water partition coefficient (Wildman–Crippen LogP) is 4.50. The van der Waals surface area contributed by atoms with Crippen LogP contribution in [0.2, 0.25) is 0 Å². The van der Waals surface area contributed by atoms with Crippen LogP contribution in [0.3, 0.4) is 0 Å². The largest absolute Gasteiger partial charge is 0.371 e. The van der Waals surface area contributed by atoms with Crippen LogP contribution in [0, 0.1) is 11.6 Å². The maximum absolute atomic E-state index is 13.4. The van der Waals surface area contributed by atoms with E-state index in [1.807, 2.05) is 14.0 Å². The lowest BCUT2D eigenvalue weighted by atomic mass is 10.0. The topological polar surface area (TPSA) is 23.6 Å². The first-order valence-electron chi connectivity index (χ1n) is 9.15. The van der Waals surface area contributed by atoms with E-state index in [1.54, 1.807) is 35.2 Å². The van der Waals surface area contributed by atoms with Gasteiger partial charge >= 0.3 is 0 Å². The Hall–Kier alpha value is -2.69. The predicted molar refractivity (Wildman–Crippen MR) is 104 cm³/mol. The standard InChI is InChI=1S/C22H24F2N2O/c1-16(17-4-3-5-19(24)15-17)14-22(27)25(2)20-10-12-26(13-11-20)21-8-6-18(23)7-9-21/h3-9,14-15,20H,10-13H2,1-2H3/b16-14-. The van der Waals surface area contributed by atoms with Gasteiger partial charge in [0.2, 0.25) is 5.91 Å². The van der Waals surface area contributed by atoms with E-state index < -0.39 is 0 Å². The maximum Gasteiger partial charge on any atom is 0.246 e. The molecule has 3 nitrogen and oxygen atoms in total. The second-order valence-electron chi connectivity index (χ2n) is 6.98. The number of hydrogen-bond donors (Lipinski definition) is 0. The zero-order valence-electron chi connectivity index (χ0n) is 15.7. The van der Waals surface area contributed by atoms with Gasteiger partial charge in [-0.3, -0.25) is 4.79 Å². The van der Waals surface area contributed by atoms with Gasteiger partial charge in [0.15, 0.2) is 0 Å². The number of nitrogens with zero attached hydrogens (tertiary/aromatic N) is 2. The SMILES string of the molecule is C/C(=C/C(=O)N(C)C1CCN(c2ccc(F)cc2)CC1)c1cccc(F)c1. The van der Waals surface area contributed by atoms with Gasteiger partial charge in [0.05, 0.1) is 0 Å². The number of piperidine rings is 1. The molecule has 0 N–H and O–H groups in total. The number of rotatable bonds is 4. The van der Waals surface area contributed by atoms with E-state index in [9.17, 15) is 13.6 Å². The van der Waals surface area contributed by atoms with Crippen LogP contribution in [0.25, 0.3) is 5.57 Å². The molecular weight excluding hydrogens is 346 g/mol. The summed E-state index contributed by atoms with van der Waals surface area (Å²) >= 11 is 0. The average molecular weight is 370 g/mol. The van der Waals surface area contributed by atoms with Gasteiger partial charge in [0.1, 0.15) is 11.6 Å². The molecule has 0 aliphatic carbocycles. The average Bonchev–Trinajstić information content (AvgIpc) is 2.68. The summed E-state index contributed by atoms with van der Waals surface area (Å²) in [5, 5.41) is 0. The molecule has 1 heterocycles. The van der Waals surface area contributed by atoms with Gasteiger partial charge in [-0.15, -0.1) is 0 Å². The summed E-state index contributed by atoms with van der Waals surface area (Å²) in [6.45, 7) is 3.46. The second-order valence-corrected chi connectivity index (χ2v) is 6.98. The van der Waals surface area contributed by atoms with Crippen LogP contribution in [-0.4, -0.2) is 37.0 Å². The molecule has 1 fully saturated rings. The number of benzene rings is 2. The molecule has 3 rings (SSSR count). The van der Waals surface area contributed by atoms with Crippen molar-refractivity contribution in [1.29, 1.82) is 0 Å². The molecule has 0 bridgehead atoms. The first-order valence-corrected chi connectivity index (χ1v) is 9.15. The fraction of sp³-hybridized carbons (Fsp3) is 0.318. The Balaban J connectivity index is 1.59. The molecule has 0 spiro atoms. The van der Waals surface area contributed by atoms with Crippen molar-refractivity contribution in [2.75, 3.05) is 25.0 Å². The maximum atomic E-state index is 13.4. The molecule has 1 aliphatic heterocycles. The Bertz CT molecular complexity index is 824. The first kappa shape index (κ1) is 19.1. The van der Waals surface area contributed by atoms with Crippen LogP contribution < -0.4 is 4.90 Å². The van der Waals surface area contributed by atoms with Gasteiger partial charge in [0.25, 0.3) is 0 Å². The lowest BCUT2D eigenvalue weighted by Crippen LogP contribution is -2.45. The summed E-state index contributed by atoms with van der Waals surface area (Å²) in [5.74, 6) is -0.620. The third kappa shape index (κ3) is 4.73. The molecule has 1 aliphatic rings. The second kappa shape index (κ2) is 8.33. The van der Waals surface area contributed by atoms with Crippen LogP contribution in [0.4, 0.5) is 14.5 Å². The Morgan fingerprint density at radius 1 is 1.07 bits per heavy atom. The van der Waals surface area contributed by atoms with E-state index in [4.69, 9.17) is 0 Å². The van der Waals surface area contributed by atoms with Crippen LogP contribution in [-0.2, 0) is 4.79 Å². The lowest BCUT2D eigenvalue weighted by molar-refractivity contribution is -0.127. The molecule has 2 aromatic carbocycles. The number of anilines is 1. The number of halogens is 2. The quantitative estimate of drug-likeness (QED) is 0.740. The monoisotopic (exact) mass is 370 g/mol. The van der Waals surface area contributed by atoms with Crippen molar-refractivity contribution in [3.63, 3.8) is 0 Å². The first-order chi connectivity index (χ1) is 12.9. The molecule has 27 heavy (non-hydrogen) atoms. The zero-order chi connectivity index (χ0) is 19.4. The molecule has 0 radical (unpaired) electrons. The zero-order valence-corrected chi connectivity index (χ0v) is 15.7. The molecule has 5 heteroatoms. The van der Waals surface area contributed by atoms with E-state index in [-0.39, 0.29) is 23.6 Å². The molecule has 1 amide bonds. The van der Waals surface area contributed by atoms with E-state index in [1.165, 1.54) is 24.3 Å². The van der Waals surface area contributed by atoms with Crippen molar-refractivity contribution in [2.45, 2.75) is 25.8 Å². The fourth-order valence-electron chi connectivity index (χ4n) is 3.45. The summed E-state index contributed by atoms with van der Waals surface area (Å²) in [7, 11) is 1.82. The molecule has 0 saturated carbocycles. The van der Waals surface area contributed by atoms with Gasteiger partial charge in [-0.2, -0.15) is 0 Å². The van der Waals surface area contributed by atoms with Gasteiger partial charge in [-0.05, 0) is 67.3 Å². The van der Waals surface area contributed by atoms with Gasteiger partial charge in [0, 0.05) is 37.9 Å². The number of carbonyl (C=O) groups is 1. The molecule has 1 saturated heterocycles.